The Hall–Kier alpha value is -0.580. The molecule has 1 saturated heterocycles. The van der Waals surface area contributed by atoms with Gasteiger partial charge in [-0.1, -0.05) is 11.6 Å². The van der Waals surface area contributed by atoms with Gasteiger partial charge in [-0.3, -0.25) is 4.79 Å². The number of nitrogens with zero attached hydrogens (tertiary/aromatic N) is 1. The average Bonchev–Trinajstić information content (AvgIpc) is 2.76. The van der Waals surface area contributed by atoms with Crippen LogP contribution in [0.3, 0.4) is 0 Å². The molecule has 0 atom stereocenters. The molecule has 0 aliphatic carbocycles. The van der Waals surface area contributed by atoms with Crippen molar-refractivity contribution in [3.8, 4) is 0 Å². The van der Waals surface area contributed by atoms with E-state index in [1.165, 1.54) is 17.8 Å². The molecule has 1 fully saturated rings. The van der Waals surface area contributed by atoms with E-state index in [1.54, 1.807) is 0 Å². The summed E-state index contributed by atoms with van der Waals surface area (Å²) in [6, 6.07) is 0. The van der Waals surface area contributed by atoms with E-state index in [-0.39, 0.29) is 5.91 Å². The van der Waals surface area contributed by atoms with E-state index in [1.807, 2.05) is 24.3 Å². The van der Waals surface area contributed by atoms with Crippen LogP contribution in [0.5, 0.6) is 0 Å². The van der Waals surface area contributed by atoms with E-state index < -0.39 is 0 Å². The number of piperidine rings is 1. The minimum Gasteiger partial charge on any atom is -0.338 e. The zero-order valence-corrected chi connectivity index (χ0v) is 13.1. The Morgan fingerprint density at radius 1 is 1.53 bits per heavy atom. The number of rotatable bonds is 4. The Morgan fingerprint density at radius 2 is 2.21 bits per heavy atom. The fourth-order valence-corrected chi connectivity index (χ4v) is 3.73. The van der Waals surface area contributed by atoms with Crippen molar-refractivity contribution in [2.45, 2.75) is 26.2 Å². The molecule has 2 rings (SSSR count). The number of thiophene rings is 1. The summed E-state index contributed by atoms with van der Waals surface area (Å²) in [5.74, 6) is 0.854. The molecule has 0 spiro atoms. The van der Waals surface area contributed by atoms with Crippen molar-refractivity contribution in [1.82, 2.24) is 10.2 Å². The summed E-state index contributed by atoms with van der Waals surface area (Å²) in [5, 5.41) is 5.77. The largest absolute Gasteiger partial charge is 0.338 e. The van der Waals surface area contributed by atoms with Crippen LogP contribution in [0.2, 0.25) is 5.02 Å². The third kappa shape index (κ3) is 3.50. The molecule has 106 valence electrons. The van der Waals surface area contributed by atoms with Gasteiger partial charge in [0.05, 0.1) is 5.02 Å². The molecule has 0 aromatic carbocycles. The van der Waals surface area contributed by atoms with E-state index in [0.29, 0.717) is 9.90 Å². The summed E-state index contributed by atoms with van der Waals surface area (Å²) >= 11 is 7.63. The van der Waals surface area contributed by atoms with E-state index in [2.05, 4.69) is 5.32 Å². The third-order valence-electron chi connectivity index (χ3n) is 3.80. The van der Waals surface area contributed by atoms with Crippen LogP contribution >= 0.6 is 22.9 Å². The van der Waals surface area contributed by atoms with Gasteiger partial charge in [-0.25, -0.2) is 0 Å². The molecule has 0 bridgehead atoms. The van der Waals surface area contributed by atoms with Gasteiger partial charge in [0.25, 0.3) is 5.91 Å². The molecule has 3 nitrogen and oxygen atoms in total. The van der Waals surface area contributed by atoms with Crippen LogP contribution in [0.15, 0.2) is 5.38 Å². The molecule has 2 heterocycles. The fourth-order valence-electron chi connectivity index (χ4n) is 2.49. The van der Waals surface area contributed by atoms with Crippen molar-refractivity contribution in [2.75, 3.05) is 26.7 Å². The van der Waals surface area contributed by atoms with Crippen LogP contribution in [-0.4, -0.2) is 37.5 Å². The number of hydrogen-bond acceptors (Lipinski definition) is 3. The quantitative estimate of drug-likeness (QED) is 0.926. The number of carbonyl (C=O) groups excluding carboxylic acids is 1. The molecule has 1 aromatic heterocycles. The van der Waals surface area contributed by atoms with Crippen LogP contribution in [-0.2, 0) is 0 Å². The van der Waals surface area contributed by atoms with Gasteiger partial charge < -0.3 is 10.2 Å². The predicted octanol–water partition coefficient (Wildman–Crippen LogP) is 3.17. The summed E-state index contributed by atoms with van der Waals surface area (Å²) in [6.45, 7) is 4.73. The normalized spacial score (nSPS) is 16.9. The highest BCUT2D eigenvalue weighted by Gasteiger charge is 2.25. The smallest absolute Gasteiger partial charge is 0.265 e. The Balaban J connectivity index is 1.91. The van der Waals surface area contributed by atoms with Crippen molar-refractivity contribution >= 4 is 28.8 Å². The van der Waals surface area contributed by atoms with Crippen molar-refractivity contribution in [3.05, 3.63) is 20.8 Å². The Kier molecular flexibility index (Phi) is 5.25. The molecule has 19 heavy (non-hydrogen) atoms. The second kappa shape index (κ2) is 6.73. The van der Waals surface area contributed by atoms with Gasteiger partial charge in [-0.15, -0.1) is 11.3 Å². The molecule has 1 aliphatic heterocycles. The highest BCUT2D eigenvalue weighted by Crippen LogP contribution is 2.30. The first-order valence-corrected chi connectivity index (χ1v) is 8.06. The topological polar surface area (TPSA) is 32.3 Å². The maximum atomic E-state index is 12.4. The molecule has 1 amide bonds. The first kappa shape index (κ1) is 14.8. The molecular formula is C14H21ClN2OS. The second-order valence-corrected chi connectivity index (χ2v) is 6.45. The van der Waals surface area contributed by atoms with Gasteiger partial charge in [-0.05, 0) is 56.6 Å². The van der Waals surface area contributed by atoms with Gasteiger partial charge >= 0.3 is 0 Å². The van der Waals surface area contributed by atoms with Gasteiger partial charge in [-0.2, -0.15) is 0 Å². The van der Waals surface area contributed by atoms with Crippen molar-refractivity contribution < 1.29 is 4.79 Å². The standard InChI is InChI=1S/C14H21ClN2OS/c1-10-9-19-13(12(10)15)14(18)17-7-4-11(5-8-17)3-6-16-2/h9,11,16H,3-8H2,1-2H3. The molecule has 5 heteroatoms. The lowest BCUT2D eigenvalue weighted by Gasteiger charge is -2.31. The lowest BCUT2D eigenvalue weighted by atomic mass is 9.93. The predicted molar refractivity (Wildman–Crippen MR) is 81.2 cm³/mol. The molecule has 0 saturated carbocycles. The Labute approximate surface area is 123 Å². The van der Waals surface area contributed by atoms with Crippen LogP contribution < -0.4 is 5.32 Å². The van der Waals surface area contributed by atoms with Crippen molar-refractivity contribution in [3.63, 3.8) is 0 Å². The maximum absolute atomic E-state index is 12.4. The fraction of sp³-hybridized carbons (Fsp3) is 0.643. The molecule has 1 N–H and O–H groups in total. The minimum absolute atomic E-state index is 0.107. The number of halogens is 1. The Morgan fingerprint density at radius 3 is 2.74 bits per heavy atom. The summed E-state index contributed by atoms with van der Waals surface area (Å²) in [4.78, 5) is 15.0. The summed E-state index contributed by atoms with van der Waals surface area (Å²) in [6.07, 6.45) is 3.42. The Bertz CT molecular complexity index is 439. The maximum Gasteiger partial charge on any atom is 0.265 e. The number of amides is 1. The molecule has 0 unspecified atom stereocenters. The van der Waals surface area contributed by atoms with E-state index in [0.717, 1.165) is 44.0 Å². The molecule has 1 aromatic rings. The zero-order valence-electron chi connectivity index (χ0n) is 11.5. The van der Waals surface area contributed by atoms with Crippen LogP contribution in [0.4, 0.5) is 0 Å². The van der Waals surface area contributed by atoms with Gasteiger partial charge in [0, 0.05) is 13.1 Å². The molecule has 0 radical (unpaired) electrons. The molecular weight excluding hydrogens is 280 g/mol. The van der Waals surface area contributed by atoms with E-state index in [4.69, 9.17) is 11.6 Å². The van der Waals surface area contributed by atoms with Gasteiger partial charge in [0.15, 0.2) is 0 Å². The first-order chi connectivity index (χ1) is 9.13. The zero-order chi connectivity index (χ0) is 13.8. The second-order valence-electron chi connectivity index (χ2n) is 5.19. The van der Waals surface area contributed by atoms with E-state index >= 15 is 0 Å². The lowest BCUT2D eigenvalue weighted by Crippen LogP contribution is -2.38. The summed E-state index contributed by atoms with van der Waals surface area (Å²) in [5.41, 5.74) is 0.999. The molecule has 1 aliphatic rings. The summed E-state index contributed by atoms with van der Waals surface area (Å²) < 4.78 is 0. The van der Waals surface area contributed by atoms with Crippen molar-refractivity contribution in [1.29, 1.82) is 0 Å². The summed E-state index contributed by atoms with van der Waals surface area (Å²) in [7, 11) is 1.99. The van der Waals surface area contributed by atoms with Crippen LogP contribution in [0, 0.1) is 12.8 Å². The van der Waals surface area contributed by atoms with Crippen molar-refractivity contribution in [2.24, 2.45) is 5.92 Å². The van der Waals surface area contributed by atoms with Gasteiger partial charge in [0.2, 0.25) is 0 Å². The van der Waals surface area contributed by atoms with Crippen LogP contribution in [0.25, 0.3) is 0 Å². The average molecular weight is 301 g/mol. The lowest BCUT2D eigenvalue weighted by molar-refractivity contribution is 0.0692. The minimum atomic E-state index is 0.107. The number of aryl methyl sites for hydroxylation is 1. The number of hydrogen-bond donors (Lipinski definition) is 1. The van der Waals surface area contributed by atoms with E-state index in [9.17, 15) is 4.79 Å². The number of nitrogens with one attached hydrogen (secondary N) is 1. The highest BCUT2D eigenvalue weighted by atomic mass is 35.5. The third-order valence-corrected chi connectivity index (χ3v) is 5.48. The van der Waals surface area contributed by atoms with Gasteiger partial charge in [0.1, 0.15) is 4.88 Å². The number of carbonyl (C=O) groups is 1. The first-order valence-electron chi connectivity index (χ1n) is 6.81. The monoisotopic (exact) mass is 300 g/mol. The number of likely N-dealkylation sites (tertiary alicyclic amines) is 1. The van der Waals surface area contributed by atoms with Crippen LogP contribution in [0.1, 0.15) is 34.5 Å². The SMILES string of the molecule is CNCCC1CCN(C(=O)c2scc(C)c2Cl)CC1. The highest BCUT2D eigenvalue weighted by molar-refractivity contribution is 7.13.